The van der Waals surface area contributed by atoms with Crippen LogP contribution in [0.3, 0.4) is 0 Å². The highest BCUT2D eigenvalue weighted by Gasteiger charge is 2.53. The van der Waals surface area contributed by atoms with Gasteiger partial charge in [0.15, 0.2) is 5.70 Å². The molecule has 0 N–H and O–H groups in total. The Morgan fingerprint density at radius 2 is 1.61 bits per heavy atom. The third-order valence-corrected chi connectivity index (χ3v) is 5.28. The first-order valence-electron chi connectivity index (χ1n) is 8.38. The van der Waals surface area contributed by atoms with Gasteiger partial charge in [0.05, 0.1) is 25.5 Å². The summed E-state index contributed by atoms with van der Waals surface area (Å²) in [5.41, 5.74) is 1.60. The lowest BCUT2D eigenvalue weighted by Gasteiger charge is -2.40. The third kappa shape index (κ3) is 2.52. The maximum atomic E-state index is 13.3. The van der Waals surface area contributed by atoms with E-state index in [1.54, 1.807) is 41.4 Å². The third-order valence-electron chi connectivity index (χ3n) is 4.75. The fraction of sp³-hybridized carbons (Fsp3) is 0.150. The van der Waals surface area contributed by atoms with Gasteiger partial charge in [-0.3, -0.25) is 9.80 Å². The molecule has 28 heavy (non-hydrogen) atoms. The molecular formula is C20H15BrN2O5. The van der Waals surface area contributed by atoms with Gasteiger partial charge < -0.3 is 9.47 Å². The van der Waals surface area contributed by atoms with E-state index < -0.39 is 23.9 Å². The maximum absolute atomic E-state index is 13.3. The molecule has 0 fully saturated rings. The predicted octanol–water partition coefficient (Wildman–Crippen LogP) is 2.98. The molecule has 7 nitrogen and oxygen atoms in total. The van der Waals surface area contributed by atoms with Crippen LogP contribution in [-0.2, 0) is 19.1 Å². The number of ether oxygens (including phenoxy) is 2. The number of hydrazine groups is 1. The number of carbonyl (C=O) groups is 3. The maximum Gasteiger partial charge on any atom is 0.357 e. The van der Waals surface area contributed by atoms with Crippen LogP contribution < -0.4 is 5.01 Å². The summed E-state index contributed by atoms with van der Waals surface area (Å²) >= 11 is 3.39. The van der Waals surface area contributed by atoms with Crippen molar-refractivity contribution in [1.29, 1.82) is 0 Å². The molecule has 0 saturated carbocycles. The van der Waals surface area contributed by atoms with Crippen molar-refractivity contribution in [2.45, 2.75) is 6.04 Å². The number of methoxy groups -OCH3 is 2. The summed E-state index contributed by atoms with van der Waals surface area (Å²) in [7, 11) is 2.44. The number of fused-ring (bicyclic) bond motifs is 4. The normalized spacial score (nSPS) is 17.5. The van der Waals surface area contributed by atoms with Crippen molar-refractivity contribution >= 4 is 39.5 Å². The minimum absolute atomic E-state index is 0.0653. The van der Waals surface area contributed by atoms with Crippen LogP contribution in [0.4, 0.5) is 5.69 Å². The lowest BCUT2D eigenvalue weighted by molar-refractivity contribution is -0.140. The van der Waals surface area contributed by atoms with Gasteiger partial charge in [0.1, 0.15) is 6.04 Å². The molecule has 2 aliphatic rings. The number of halogens is 1. The fourth-order valence-electron chi connectivity index (χ4n) is 3.59. The number of rotatable bonds is 3. The molecule has 2 aromatic carbocycles. The Kier molecular flexibility index (Phi) is 4.43. The van der Waals surface area contributed by atoms with Crippen LogP contribution in [0, 0.1) is 0 Å². The zero-order chi connectivity index (χ0) is 20.0. The molecule has 1 amide bonds. The van der Waals surface area contributed by atoms with Crippen LogP contribution in [0.2, 0.25) is 0 Å². The van der Waals surface area contributed by atoms with Crippen molar-refractivity contribution in [2.75, 3.05) is 19.2 Å². The van der Waals surface area contributed by atoms with Crippen LogP contribution in [0.5, 0.6) is 0 Å². The van der Waals surface area contributed by atoms with Gasteiger partial charge in [0.2, 0.25) is 0 Å². The van der Waals surface area contributed by atoms with Gasteiger partial charge in [-0.2, -0.15) is 0 Å². The Morgan fingerprint density at radius 1 is 0.964 bits per heavy atom. The molecule has 0 spiro atoms. The summed E-state index contributed by atoms with van der Waals surface area (Å²) in [6.45, 7) is 0. The number of carbonyl (C=O) groups excluding carboxylic acids is 3. The van der Waals surface area contributed by atoms with E-state index in [1.165, 1.54) is 19.2 Å². The van der Waals surface area contributed by atoms with Crippen molar-refractivity contribution in [3.8, 4) is 0 Å². The summed E-state index contributed by atoms with van der Waals surface area (Å²) in [6, 6.07) is 13.5. The molecule has 2 aliphatic heterocycles. The number of nitrogens with zero attached hydrogens (tertiary/aromatic N) is 2. The van der Waals surface area contributed by atoms with E-state index in [2.05, 4.69) is 15.9 Å². The average molecular weight is 443 g/mol. The van der Waals surface area contributed by atoms with Crippen molar-refractivity contribution in [2.24, 2.45) is 0 Å². The molecule has 8 heteroatoms. The number of amides is 1. The number of benzene rings is 2. The Hall–Kier alpha value is -3.13. The lowest BCUT2D eigenvalue weighted by atomic mass is 9.93. The number of esters is 2. The fourth-order valence-corrected chi connectivity index (χ4v) is 3.85. The highest BCUT2D eigenvalue weighted by Crippen LogP contribution is 2.49. The lowest BCUT2D eigenvalue weighted by Crippen LogP contribution is -2.48. The monoisotopic (exact) mass is 442 g/mol. The predicted molar refractivity (Wildman–Crippen MR) is 103 cm³/mol. The molecule has 2 heterocycles. The minimum atomic E-state index is -0.786. The molecule has 2 aromatic rings. The van der Waals surface area contributed by atoms with Crippen LogP contribution >= 0.6 is 15.9 Å². The van der Waals surface area contributed by atoms with Crippen molar-refractivity contribution in [3.63, 3.8) is 0 Å². The van der Waals surface area contributed by atoms with Crippen molar-refractivity contribution in [1.82, 2.24) is 5.01 Å². The van der Waals surface area contributed by atoms with E-state index in [0.717, 1.165) is 4.47 Å². The number of hydrogen-bond acceptors (Lipinski definition) is 6. The second-order valence-corrected chi connectivity index (χ2v) is 7.09. The molecule has 1 atom stereocenters. The zero-order valence-corrected chi connectivity index (χ0v) is 16.6. The molecule has 142 valence electrons. The summed E-state index contributed by atoms with van der Waals surface area (Å²) in [5.74, 6) is -1.90. The first kappa shape index (κ1) is 18.2. The van der Waals surface area contributed by atoms with E-state index in [4.69, 9.17) is 9.47 Å². The van der Waals surface area contributed by atoms with Crippen LogP contribution in [0.25, 0.3) is 0 Å². The molecule has 2 bridgehead atoms. The summed E-state index contributed by atoms with van der Waals surface area (Å²) < 4.78 is 10.7. The van der Waals surface area contributed by atoms with E-state index >= 15 is 0 Å². The first-order valence-corrected chi connectivity index (χ1v) is 9.17. The van der Waals surface area contributed by atoms with Crippen LogP contribution in [0.1, 0.15) is 22.0 Å². The average Bonchev–Trinajstić information content (AvgIpc) is 3.03. The smallest absolute Gasteiger partial charge is 0.357 e. The molecular weight excluding hydrogens is 428 g/mol. The van der Waals surface area contributed by atoms with Gasteiger partial charge in [0.25, 0.3) is 5.91 Å². The van der Waals surface area contributed by atoms with Gasteiger partial charge in [-0.05, 0) is 35.9 Å². The largest absolute Gasteiger partial charge is 0.466 e. The Morgan fingerprint density at radius 3 is 2.25 bits per heavy atom. The Labute approximate surface area is 169 Å². The first-order chi connectivity index (χ1) is 13.5. The topological polar surface area (TPSA) is 76.2 Å². The van der Waals surface area contributed by atoms with Gasteiger partial charge in [-0.25, -0.2) is 14.6 Å². The van der Waals surface area contributed by atoms with Crippen LogP contribution in [0.15, 0.2) is 64.3 Å². The van der Waals surface area contributed by atoms with E-state index in [9.17, 15) is 14.4 Å². The summed E-state index contributed by atoms with van der Waals surface area (Å²) in [6.07, 6.45) is 0. The number of hydrogen-bond donors (Lipinski definition) is 0. The molecule has 0 radical (unpaired) electrons. The van der Waals surface area contributed by atoms with Gasteiger partial charge in [-0.15, -0.1) is 0 Å². The van der Waals surface area contributed by atoms with Crippen LogP contribution in [-0.4, -0.2) is 37.1 Å². The van der Waals surface area contributed by atoms with Crippen molar-refractivity contribution in [3.05, 3.63) is 75.4 Å². The molecule has 0 unspecified atom stereocenters. The summed E-state index contributed by atoms with van der Waals surface area (Å²) in [5, 5.41) is 2.82. The minimum Gasteiger partial charge on any atom is -0.466 e. The SMILES string of the molecule is COC(=O)C1=C(C(=O)OC)N2C(=O)c3ccccc3[C@H]1N2c1ccc(Br)cc1. The van der Waals surface area contributed by atoms with E-state index in [0.29, 0.717) is 16.8 Å². The van der Waals surface area contributed by atoms with Gasteiger partial charge in [-0.1, -0.05) is 34.1 Å². The van der Waals surface area contributed by atoms with Crippen molar-refractivity contribution < 1.29 is 23.9 Å². The second kappa shape index (κ2) is 6.79. The second-order valence-electron chi connectivity index (χ2n) is 6.17. The van der Waals surface area contributed by atoms with Gasteiger partial charge >= 0.3 is 11.9 Å². The molecule has 0 aromatic heterocycles. The number of anilines is 1. The van der Waals surface area contributed by atoms with E-state index in [-0.39, 0.29) is 11.3 Å². The Bertz CT molecular complexity index is 1030. The van der Waals surface area contributed by atoms with E-state index in [1.807, 2.05) is 12.1 Å². The Balaban J connectivity index is 2.02. The molecule has 4 rings (SSSR count). The summed E-state index contributed by atoms with van der Waals surface area (Å²) in [4.78, 5) is 38.6. The highest BCUT2D eigenvalue weighted by atomic mass is 79.9. The van der Waals surface area contributed by atoms with Gasteiger partial charge in [0, 0.05) is 10.0 Å². The quantitative estimate of drug-likeness (QED) is 0.680. The molecule has 0 aliphatic carbocycles. The standard InChI is InChI=1S/C20H15BrN2O5/c1-27-19(25)15-16-13-5-3-4-6-14(13)18(24)23(17(15)20(26)28-2)22(16)12-9-7-11(21)8-10-12/h3-10,16H,1-2H3/t16-/m1/s1. The molecule has 0 saturated heterocycles. The zero-order valence-electron chi connectivity index (χ0n) is 15.0. The highest BCUT2D eigenvalue weighted by molar-refractivity contribution is 9.10.